The van der Waals surface area contributed by atoms with Gasteiger partial charge in [0.1, 0.15) is 11.4 Å². The third-order valence-corrected chi connectivity index (χ3v) is 11.5. The molecule has 1 aliphatic rings. The molecule has 1 atom stereocenters. The van der Waals surface area contributed by atoms with Crippen molar-refractivity contribution in [3.63, 3.8) is 0 Å². The molecule has 11 nitrogen and oxygen atoms in total. The summed E-state index contributed by atoms with van der Waals surface area (Å²) in [6.07, 6.45) is 3.37. The van der Waals surface area contributed by atoms with Crippen LogP contribution in [0.3, 0.4) is 0 Å². The highest BCUT2D eigenvalue weighted by Gasteiger charge is 2.37. The molecule has 53 heavy (non-hydrogen) atoms. The van der Waals surface area contributed by atoms with Crippen LogP contribution in [0.5, 0.6) is 5.75 Å². The smallest absolute Gasteiger partial charge is 0.275 e. The van der Waals surface area contributed by atoms with E-state index in [1.165, 1.54) is 4.80 Å². The second kappa shape index (κ2) is 13.1. The largest absolute Gasteiger partial charge is 0.494 e. The molecule has 0 aliphatic carbocycles. The van der Waals surface area contributed by atoms with E-state index in [1.54, 1.807) is 7.05 Å². The number of amides is 1. The van der Waals surface area contributed by atoms with E-state index in [9.17, 15) is 0 Å². The number of aromatic nitrogens is 8. The van der Waals surface area contributed by atoms with E-state index >= 15 is 4.79 Å². The van der Waals surface area contributed by atoms with E-state index in [0.717, 1.165) is 83.0 Å². The summed E-state index contributed by atoms with van der Waals surface area (Å²) in [5, 5.41) is 20.7. The number of tetrazole rings is 1. The van der Waals surface area contributed by atoms with E-state index in [-0.39, 0.29) is 11.9 Å². The zero-order valence-corrected chi connectivity index (χ0v) is 32.6. The molecule has 1 aliphatic heterocycles. The van der Waals surface area contributed by atoms with E-state index < -0.39 is 0 Å². The number of ether oxygens (including phenoxy) is 1. The minimum atomic E-state index is -0.0666. The van der Waals surface area contributed by atoms with Crippen LogP contribution in [0.25, 0.3) is 44.3 Å². The van der Waals surface area contributed by atoms with Crippen molar-refractivity contribution in [3.8, 4) is 28.3 Å². The Bertz CT molecular complexity index is 2590. The van der Waals surface area contributed by atoms with Crippen molar-refractivity contribution >= 4 is 56.6 Å². The summed E-state index contributed by atoms with van der Waals surface area (Å²) < 4.78 is 12.4. The number of anilines is 1. The Labute approximate surface area is 317 Å². The number of hydrogen-bond acceptors (Lipinski definition) is 6. The molecule has 0 saturated heterocycles. The summed E-state index contributed by atoms with van der Waals surface area (Å²) in [7, 11) is 5.69. The summed E-state index contributed by atoms with van der Waals surface area (Å²) >= 11 is 13.5. The summed E-state index contributed by atoms with van der Waals surface area (Å²) in [6, 6.07) is 14.0. The molecule has 0 bridgehead atoms. The molecule has 5 heterocycles. The number of carbonyl (C=O) groups excluding carboxylic acids is 1. The molecule has 0 radical (unpaired) electrons. The number of carbonyl (C=O) groups is 1. The second-order valence-corrected chi connectivity index (χ2v) is 15.0. The topological polar surface area (TPSA) is 101 Å². The Hall–Kier alpha value is -5.13. The first-order chi connectivity index (χ1) is 25.3. The third-order valence-electron chi connectivity index (χ3n) is 10.6. The third kappa shape index (κ3) is 5.68. The van der Waals surface area contributed by atoms with Gasteiger partial charge in [0.2, 0.25) is 5.82 Å². The Morgan fingerprint density at radius 2 is 1.66 bits per heavy atom. The number of halogens is 2. The van der Waals surface area contributed by atoms with Gasteiger partial charge >= 0.3 is 0 Å². The normalized spacial score (nSPS) is 14.6. The van der Waals surface area contributed by atoms with Gasteiger partial charge in [0.15, 0.2) is 0 Å². The fourth-order valence-corrected chi connectivity index (χ4v) is 8.41. The number of hydrogen-bond donors (Lipinski definition) is 0. The molecule has 3 aromatic carbocycles. The number of rotatable bonds is 8. The van der Waals surface area contributed by atoms with Crippen LogP contribution >= 0.6 is 23.2 Å². The molecular weight excluding hydrogens is 709 g/mol. The molecule has 13 heteroatoms. The van der Waals surface area contributed by atoms with Gasteiger partial charge in [0.05, 0.1) is 41.1 Å². The fourth-order valence-electron chi connectivity index (χ4n) is 8.05. The maximum atomic E-state index is 15.1. The zero-order valence-electron chi connectivity index (χ0n) is 31.1. The fraction of sp³-hybridized carbons (Fsp3) is 0.325. The molecule has 272 valence electrons. The molecule has 1 amide bonds. The first kappa shape index (κ1) is 34.9. The first-order valence-electron chi connectivity index (χ1n) is 17.7. The first-order valence-corrected chi connectivity index (χ1v) is 18.5. The SMILES string of the molecule is Cc1cc(OCCCc2c3n(c4c(-c5c(C)nn(C)c5C)c(Cl)ccc24)[C@H](C)CN(c2cn(C)c4cc(-c5nnn(C)n5)ccc24)C3=O)cc(C)c1Cl. The summed E-state index contributed by atoms with van der Waals surface area (Å²) in [6.45, 7) is 11.2. The minimum absolute atomic E-state index is 0.0481. The lowest BCUT2D eigenvalue weighted by Crippen LogP contribution is -2.42. The van der Waals surface area contributed by atoms with Crippen molar-refractivity contribution < 1.29 is 9.53 Å². The van der Waals surface area contributed by atoms with E-state index in [1.807, 2.05) is 87.0 Å². The van der Waals surface area contributed by atoms with Crippen molar-refractivity contribution in [1.82, 2.24) is 39.1 Å². The molecule has 4 aromatic heterocycles. The molecule has 0 fully saturated rings. The minimum Gasteiger partial charge on any atom is -0.494 e. The van der Waals surface area contributed by atoms with Gasteiger partial charge in [-0.05, 0) is 99.7 Å². The maximum Gasteiger partial charge on any atom is 0.275 e. The number of fused-ring (bicyclic) bond motifs is 4. The Balaban J connectivity index is 1.24. The summed E-state index contributed by atoms with van der Waals surface area (Å²) in [5.41, 5.74) is 11.1. The Kier molecular flexibility index (Phi) is 8.61. The van der Waals surface area contributed by atoms with Gasteiger partial charge in [0, 0.05) is 71.1 Å². The molecule has 0 N–H and O–H groups in total. The predicted molar refractivity (Wildman–Crippen MR) is 210 cm³/mol. The highest BCUT2D eigenvalue weighted by molar-refractivity contribution is 6.35. The lowest BCUT2D eigenvalue weighted by molar-refractivity contribution is 0.0957. The lowest BCUT2D eigenvalue weighted by Gasteiger charge is -2.34. The van der Waals surface area contributed by atoms with Crippen LogP contribution in [0, 0.1) is 27.7 Å². The lowest BCUT2D eigenvalue weighted by atomic mass is 9.98. The van der Waals surface area contributed by atoms with Gasteiger partial charge < -0.3 is 18.8 Å². The van der Waals surface area contributed by atoms with Crippen molar-refractivity contribution in [2.45, 2.75) is 53.5 Å². The molecule has 0 spiro atoms. The average molecular weight is 751 g/mol. The van der Waals surface area contributed by atoms with Gasteiger partial charge in [-0.1, -0.05) is 35.3 Å². The molecular formula is C40H41Cl2N9O2. The Morgan fingerprint density at radius 1 is 0.925 bits per heavy atom. The Morgan fingerprint density at radius 3 is 2.34 bits per heavy atom. The number of aryl methyl sites for hydroxylation is 7. The number of nitrogens with zero attached hydrogens (tertiary/aromatic N) is 9. The molecule has 8 rings (SSSR count). The van der Waals surface area contributed by atoms with Crippen LogP contribution in [0.1, 0.15) is 58.0 Å². The molecule has 0 unspecified atom stereocenters. The van der Waals surface area contributed by atoms with Crippen LogP contribution in [-0.4, -0.2) is 58.2 Å². The van der Waals surface area contributed by atoms with Crippen molar-refractivity contribution in [2.75, 3.05) is 18.1 Å². The molecule has 7 aromatic rings. The predicted octanol–water partition coefficient (Wildman–Crippen LogP) is 8.50. The van der Waals surface area contributed by atoms with Crippen LogP contribution in [-0.2, 0) is 27.6 Å². The quantitative estimate of drug-likeness (QED) is 0.145. The number of benzene rings is 3. The highest BCUT2D eigenvalue weighted by atomic mass is 35.5. The van der Waals surface area contributed by atoms with Gasteiger partial charge in [-0.3, -0.25) is 9.48 Å². The monoisotopic (exact) mass is 749 g/mol. The van der Waals surface area contributed by atoms with E-state index in [0.29, 0.717) is 42.5 Å². The van der Waals surface area contributed by atoms with Crippen LogP contribution < -0.4 is 9.64 Å². The van der Waals surface area contributed by atoms with Crippen LogP contribution in [0.4, 0.5) is 5.69 Å². The van der Waals surface area contributed by atoms with E-state index in [4.69, 9.17) is 33.0 Å². The van der Waals surface area contributed by atoms with Gasteiger partial charge in [0.25, 0.3) is 5.91 Å². The second-order valence-electron chi connectivity index (χ2n) is 14.2. The molecule has 0 saturated carbocycles. The van der Waals surface area contributed by atoms with Gasteiger partial charge in [-0.2, -0.15) is 9.90 Å². The van der Waals surface area contributed by atoms with Gasteiger partial charge in [-0.25, -0.2) is 0 Å². The van der Waals surface area contributed by atoms with Crippen molar-refractivity contribution in [2.24, 2.45) is 21.1 Å². The van der Waals surface area contributed by atoms with Crippen LogP contribution in [0.2, 0.25) is 10.0 Å². The summed E-state index contributed by atoms with van der Waals surface area (Å²) in [5.74, 6) is 1.29. The van der Waals surface area contributed by atoms with Crippen molar-refractivity contribution in [3.05, 3.63) is 92.5 Å². The highest BCUT2D eigenvalue weighted by Crippen LogP contribution is 2.46. The van der Waals surface area contributed by atoms with Gasteiger partial charge in [-0.15, -0.1) is 10.2 Å². The van der Waals surface area contributed by atoms with Crippen molar-refractivity contribution in [1.29, 1.82) is 0 Å². The summed E-state index contributed by atoms with van der Waals surface area (Å²) in [4.78, 5) is 18.5. The average Bonchev–Trinajstić information content (AvgIpc) is 3.86. The van der Waals surface area contributed by atoms with Crippen LogP contribution in [0.15, 0.2) is 48.7 Å². The standard InChI is InChI=1S/C40H41Cl2N9O2/c1-21-16-27(17-22(2)36(21)42)53-15-9-10-28-29-13-14-31(41)35(34-24(4)44-48(7)25(34)5)37(29)51-23(3)19-50(40(52)38(28)51)33-20-47(6)32-18-26(11-12-30(32)33)39-43-46-49(8)45-39/h11-14,16-18,20,23H,9-10,15,19H2,1-8H3/t23-/m1/s1. The maximum absolute atomic E-state index is 15.1. The zero-order chi connectivity index (χ0) is 37.5. The van der Waals surface area contributed by atoms with E-state index in [2.05, 4.69) is 44.5 Å².